The number of carbonyl (C=O) groups excluding carboxylic acids is 1. The first-order valence-corrected chi connectivity index (χ1v) is 9.35. The predicted molar refractivity (Wildman–Crippen MR) is 108 cm³/mol. The van der Waals surface area contributed by atoms with E-state index in [4.69, 9.17) is 21.6 Å². The Bertz CT molecular complexity index is 816. The van der Waals surface area contributed by atoms with Gasteiger partial charge in [-0.05, 0) is 50.4 Å². The first-order valence-electron chi connectivity index (χ1n) is 8.97. The fraction of sp³-hybridized carbons (Fsp3) is 0.333. The summed E-state index contributed by atoms with van der Waals surface area (Å²) in [6.07, 6.45) is 0.210. The maximum Gasteiger partial charge on any atom is 0.241 e. The number of ether oxygens (including phenoxy) is 1. The van der Waals surface area contributed by atoms with Gasteiger partial charge < -0.3 is 9.64 Å². The molecule has 0 spiro atoms. The molecule has 5 nitrogen and oxygen atoms in total. The number of halogens is 2. The van der Waals surface area contributed by atoms with E-state index in [1.54, 1.807) is 53.2 Å². The van der Waals surface area contributed by atoms with Crippen LogP contribution in [-0.2, 0) is 11.3 Å². The van der Waals surface area contributed by atoms with Crippen LogP contribution in [0.3, 0.4) is 0 Å². The number of amides is 1. The zero-order valence-corrected chi connectivity index (χ0v) is 16.7. The first-order chi connectivity index (χ1) is 13.5. The van der Waals surface area contributed by atoms with Gasteiger partial charge in [-0.1, -0.05) is 17.7 Å². The number of hydrogen-bond donors (Lipinski definition) is 0. The second kappa shape index (κ2) is 10.6. The van der Waals surface area contributed by atoms with E-state index in [1.165, 1.54) is 6.07 Å². The van der Waals surface area contributed by atoms with E-state index in [1.807, 2.05) is 6.92 Å². The summed E-state index contributed by atoms with van der Waals surface area (Å²) < 4.78 is 19.4. The predicted octanol–water partition coefficient (Wildman–Crippen LogP) is 4.26. The normalized spacial score (nSPS) is 10.6. The highest BCUT2D eigenvalue weighted by Crippen LogP contribution is 2.22. The van der Waals surface area contributed by atoms with E-state index in [0.717, 1.165) is 0 Å². The van der Waals surface area contributed by atoms with Gasteiger partial charge in [0.15, 0.2) is 0 Å². The summed E-state index contributed by atoms with van der Waals surface area (Å²) >= 11 is 6.07. The van der Waals surface area contributed by atoms with Gasteiger partial charge in [-0.2, -0.15) is 5.26 Å². The van der Waals surface area contributed by atoms with E-state index in [2.05, 4.69) is 6.07 Å². The van der Waals surface area contributed by atoms with Crippen LogP contribution in [0.2, 0.25) is 5.02 Å². The molecule has 2 rings (SSSR count). The molecule has 1 amide bonds. The third-order valence-electron chi connectivity index (χ3n) is 4.10. The maximum absolute atomic E-state index is 14.0. The van der Waals surface area contributed by atoms with Gasteiger partial charge in [-0.25, -0.2) is 4.39 Å². The fourth-order valence-electron chi connectivity index (χ4n) is 2.77. The summed E-state index contributed by atoms with van der Waals surface area (Å²) in [4.78, 5) is 16.1. The van der Waals surface area contributed by atoms with E-state index >= 15 is 0 Å². The lowest BCUT2D eigenvalue weighted by atomic mass is 10.2. The van der Waals surface area contributed by atoms with Crippen molar-refractivity contribution in [3.63, 3.8) is 0 Å². The van der Waals surface area contributed by atoms with E-state index in [-0.39, 0.29) is 32.0 Å². The summed E-state index contributed by atoms with van der Waals surface area (Å²) in [7, 11) is 1.72. The van der Waals surface area contributed by atoms with Gasteiger partial charge in [-0.3, -0.25) is 9.69 Å². The Kier molecular flexibility index (Phi) is 8.24. The van der Waals surface area contributed by atoms with Crippen molar-refractivity contribution in [3.05, 3.63) is 58.9 Å². The SMILES string of the molecule is CCOc1ccc(N(CCC#N)C(=O)CN(C)Cc2c(F)cccc2Cl)cc1. The van der Waals surface area contributed by atoms with Crippen molar-refractivity contribution in [2.45, 2.75) is 19.9 Å². The lowest BCUT2D eigenvalue weighted by Crippen LogP contribution is -2.39. The van der Waals surface area contributed by atoms with E-state index < -0.39 is 5.82 Å². The quantitative estimate of drug-likeness (QED) is 0.627. The molecule has 0 aliphatic carbocycles. The maximum atomic E-state index is 14.0. The molecule has 0 atom stereocenters. The second-order valence-corrected chi connectivity index (χ2v) is 6.66. The Labute approximate surface area is 169 Å². The molecule has 0 N–H and O–H groups in total. The summed E-state index contributed by atoms with van der Waals surface area (Å²) in [6, 6.07) is 13.7. The third kappa shape index (κ3) is 5.95. The number of benzene rings is 2. The molecule has 0 fully saturated rings. The van der Waals surface area contributed by atoms with Gasteiger partial charge in [-0.15, -0.1) is 0 Å². The van der Waals surface area contributed by atoms with E-state index in [9.17, 15) is 9.18 Å². The molecule has 0 saturated heterocycles. The van der Waals surface area contributed by atoms with Crippen LogP contribution in [0, 0.1) is 17.1 Å². The van der Waals surface area contributed by atoms with Crippen molar-refractivity contribution in [2.24, 2.45) is 0 Å². The van der Waals surface area contributed by atoms with Crippen LogP contribution in [0.15, 0.2) is 42.5 Å². The number of nitrogens with zero attached hydrogens (tertiary/aromatic N) is 3. The van der Waals surface area contributed by atoms with Crippen molar-refractivity contribution >= 4 is 23.2 Å². The number of anilines is 1. The topological polar surface area (TPSA) is 56.6 Å². The zero-order valence-electron chi connectivity index (χ0n) is 16.0. The Morgan fingerprint density at radius 2 is 1.96 bits per heavy atom. The summed E-state index contributed by atoms with van der Waals surface area (Å²) in [6.45, 7) is 2.99. The van der Waals surface area contributed by atoms with Gasteiger partial charge in [0.1, 0.15) is 11.6 Å². The molecular weight excluding hydrogens is 381 g/mol. The molecule has 0 saturated carbocycles. The number of hydrogen-bond acceptors (Lipinski definition) is 4. The van der Waals surface area contributed by atoms with Gasteiger partial charge in [0.25, 0.3) is 0 Å². The van der Waals surface area contributed by atoms with Gasteiger partial charge in [0, 0.05) is 29.4 Å². The largest absolute Gasteiger partial charge is 0.494 e. The molecule has 2 aromatic rings. The molecule has 7 heteroatoms. The lowest BCUT2D eigenvalue weighted by Gasteiger charge is -2.25. The van der Waals surface area contributed by atoms with Gasteiger partial charge in [0.05, 0.1) is 25.6 Å². The molecule has 0 aliphatic rings. The fourth-order valence-corrected chi connectivity index (χ4v) is 3.00. The number of rotatable bonds is 9. The van der Waals surface area contributed by atoms with Crippen molar-refractivity contribution in [2.75, 3.05) is 31.6 Å². The molecule has 0 unspecified atom stereocenters. The van der Waals surface area contributed by atoms with Crippen molar-refractivity contribution in [3.8, 4) is 11.8 Å². The average molecular weight is 404 g/mol. The van der Waals surface area contributed by atoms with E-state index in [0.29, 0.717) is 28.6 Å². The van der Waals surface area contributed by atoms with Crippen LogP contribution in [0.4, 0.5) is 10.1 Å². The van der Waals surface area contributed by atoms with Crippen molar-refractivity contribution in [1.29, 1.82) is 5.26 Å². The molecule has 0 aromatic heterocycles. The highest BCUT2D eigenvalue weighted by Gasteiger charge is 2.19. The smallest absolute Gasteiger partial charge is 0.241 e. The van der Waals surface area contributed by atoms with Crippen LogP contribution in [0.25, 0.3) is 0 Å². The summed E-state index contributed by atoms with van der Waals surface area (Å²) in [5.74, 6) is 0.124. The van der Waals surface area contributed by atoms with Crippen LogP contribution in [-0.4, -0.2) is 37.6 Å². The molecule has 0 bridgehead atoms. The van der Waals surface area contributed by atoms with Crippen LogP contribution in [0.1, 0.15) is 18.9 Å². The minimum absolute atomic E-state index is 0.0588. The Hall–Kier alpha value is -2.62. The average Bonchev–Trinajstić information content (AvgIpc) is 2.66. The second-order valence-electron chi connectivity index (χ2n) is 6.25. The summed E-state index contributed by atoms with van der Waals surface area (Å²) in [5, 5.41) is 9.25. The van der Waals surface area contributed by atoms with Crippen molar-refractivity contribution in [1.82, 2.24) is 4.90 Å². The Morgan fingerprint density at radius 3 is 2.57 bits per heavy atom. The molecule has 148 valence electrons. The monoisotopic (exact) mass is 403 g/mol. The number of nitriles is 1. The molecular formula is C21H23ClFN3O2. The Morgan fingerprint density at radius 1 is 1.25 bits per heavy atom. The Balaban J connectivity index is 2.10. The number of carbonyl (C=O) groups is 1. The third-order valence-corrected chi connectivity index (χ3v) is 4.46. The van der Waals surface area contributed by atoms with Gasteiger partial charge in [0.2, 0.25) is 5.91 Å². The lowest BCUT2D eigenvalue weighted by molar-refractivity contribution is -0.119. The summed E-state index contributed by atoms with van der Waals surface area (Å²) in [5.41, 5.74) is 1.03. The molecule has 0 heterocycles. The molecule has 0 aliphatic heterocycles. The van der Waals surface area contributed by atoms with Crippen LogP contribution >= 0.6 is 11.6 Å². The molecule has 0 radical (unpaired) electrons. The zero-order chi connectivity index (χ0) is 20.5. The molecule has 28 heavy (non-hydrogen) atoms. The standard InChI is InChI=1S/C21H23ClFN3O2/c1-3-28-17-10-8-16(9-11-17)26(13-5-12-24)21(27)15-25(2)14-18-19(22)6-4-7-20(18)23/h4,6-11H,3,5,13-15H2,1-2H3. The minimum Gasteiger partial charge on any atom is -0.494 e. The highest BCUT2D eigenvalue weighted by atomic mass is 35.5. The molecule has 2 aromatic carbocycles. The van der Waals surface area contributed by atoms with Crippen LogP contribution in [0.5, 0.6) is 5.75 Å². The number of likely N-dealkylation sites (N-methyl/N-ethyl adjacent to an activating group) is 1. The first kappa shape index (κ1) is 21.7. The van der Waals surface area contributed by atoms with Crippen LogP contribution < -0.4 is 9.64 Å². The minimum atomic E-state index is -0.403. The van der Waals surface area contributed by atoms with Crippen molar-refractivity contribution < 1.29 is 13.9 Å². The highest BCUT2D eigenvalue weighted by molar-refractivity contribution is 6.31. The van der Waals surface area contributed by atoms with Gasteiger partial charge >= 0.3 is 0 Å².